The molecule has 3 heteroatoms. The number of benzene rings is 5. The number of pyridine rings is 1. The fourth-order valence-electron chi connectivity index (χ4n) is 5.84. The van der Waals surface area contributed by atoms with E-state index >= 15 is 0 Å². The highest BCUT2D eigenvalue weighted by Gasteiger charge is 2.22. The Hall–Kier alpha value is -5.15. The van der Waals surface area contributed by atoms with E-state index in [1.54, 1.807) is 0 Å². The van der Waals surface area contributed by atoms with Gasteiger partial charge in [0.2, 0.25) is 0 Å². The molecule has 0 radical (unpaired) electrons. The van der Waals surface area contributed by atoms with Crippen molar-refractivity contribution < 1.29 is 0 Å². The molecular weight excluding hydrogens is 462 g/mol. The fourth-order valence-corrected chi connectivity index (χ4v) is 5.84. The Morgan fingerprint density at radius 2 is 1.18 bits per heavy atom. The molecule has 0 unspecified atom stereocenters. The number of aromatic amines is 1. The standard InChI is InChI=1S/C35H23N3/c1-4-12-23(13-5-1)27-22-31(24-14-6-2-7-15-24)38-30-21-20-29-33(26-18-10-11-19-28(26)36-29)34(30)37-35(38)32(27)25-16-8-3-9-17-25/h1-22,36H. The summed E-state index contributed by atoms with van der Waals surface area (Å²) in [6.07, 6.45) is 0. The molecule has 8 aromatic rings. The maximum absolute atomic E-state index is 5.46. The van der Waals surface area contributed by atoms with Gasteiger partial charge in [-0.2, -0.15) is 0 Å². The number of rotatable bonds is 3. The molecule has 0 aliphatic carbocycles. The van der Waals surface area contributed by atoms with Gasteiger partial charge >= 0.3 is 0 Å². The highest BCUT2D eigenvalue weighted by molar-refractivity contribution is 6.19. The number of para-hydroxylation sites is 1. The molecule has 0 amide bonds. The predicted molar refractivity (Wildman–Crippen MR) is 158 cm³/mol. The molecule has 0 saturated carbocycles. The topological polar surface area (TPSA) is 33.1 Å². The molecule has 3 heterocycles. The highest BCUT2D eigenvalue weighted by Crippen LogP contribution is 2.42. The van der Waals surface area contributed by atoms with Gasteiger partial charge in [-0.05, 0) is 46.5 Å². The van der Waals surface area contributed by atoms with Crippen LogP contribution >= 0.6 is 0 Å². The van der Waals surface area contributed by atoms with Gasteiger partial charge < -0.3 is 4.98 Å². The first-order chi connectivity index (χ1) is 18.9. The third-order valence-electron chi connectivity index (χ3n) is 7.52. The van der Waals surface area contributed by atoms with Crippen molar-refractivity contribution in [1.82, 2.24) is 14.4 Å². The van der Waals surface area contributed by atoms with Crippen molar-refractivity contribution in [3.05, 3.63) is 133 Å². The van der Waals surface area contributed by atoms with Gasteiger partial charge in [0.25, 0.3) is 0 Å². The Labute approximate surface area is 219 Å². The van der Waals surface area contributed by atoms with Crippen LogP contribution in [0.15, 0.2) is 133 Å². The largest absolute Gasteiger partial charge is 0.354 e. The first-order valence-corrected chi connectivity index (χ1v) is 12.9. The summed E-state index contributed by atoms with van der Waals surface area (Å²) < 4.78 is 2.35. The van der Waals surface area contributed by atoms with Crippen LogP contribution in [0.4, 0.5) is 0 Å². The van der Waals surface area contributed by atoms with Gasteiger partial charge in [0.1, 0.15) is 5.65 Å². The van der Waals surface area contributed by atoms with E-state index in [0.717, 1.165) is 50.1 Å². The number of aromatic nitrogens is 3. The minimum atomic E-state index is 0.962. The van der Waals surface area contributed by atoms with Crippen LogP contribution in [0.25, 0.3) is 72.0 Å². The number of hydrogen-bond donors (Lipinski definition) is 1. The zero-order chi connectivity index (χ0) is 25.1. The van der Waals surface area contributed by atoms with Gasteiger partial charge in [-0.1, -0.05) is 109 Å². The molecule has 8 rings (SSSR count). The third kappa shape index (κ3) is 3.06. The minimum absolute atomic E-state index is 0.962. The van der Waals surface area contributed by atoms with Crippen molar-refractivity contribution in [2.75, 3.05) is 0 Å². The van der Waals surface area contributed by atoms with Crippen LogP contribution in [0.3, 0.4) is 0 Å². The average Bonchev–Trinajstić information content (AvgIpc) is 3.56. The van der Waals surface area contributed by atoms with E-state index in [9.17, 15) is 0 Å². The smallest absolute Gasteiger partial charge is 0.147 e. The molecule has 0 aliphatic rings. The number of nitrogens with one attached hydrogen (secondary N) is 1. The number of imidazole rings is 1. The van der Waals surface area contributed by atoms with Gasteiger partial charge in [0.15, 0.2) is 0 Å². The van der Waals surface area contributed by atoms with Gasteiger partial charge in [-0.3, -0.25) is 4.40 Å². The van der Waals surface area contributed by atoms with Crippen LogP contribution in [0.5, 0.6) is 0 Å². The maximum Gasteiger partial charge on any atom is 0.147 e. The predicted octanol–water partition coefficient (Wildman–Crippen LogP) is 9.12. The molecule has 0 saturated heterocycles. The lowest BCUT2D eigenvalue weighted by Crippen LogP contribution is -1.98. The van der Waals surface area contributed by atoms with Crippen LogP contribution in [-0.2, 0) is 0 Å². The van der Waals surface area contributed by atoms with E-state index in [2.05, 4.69) is 143 Å². The molecule has 3 nitrogen and oxygen atoms in total. The lowest BCUT2D eigenvalue weighted by atomic mass is 9.93. The second-order valence-electron chi connectivity index (χ2n) is 9.71. The normalized spacial score (nSPS) is 11.7. The van der Waals surface area contributed by atoms with Crippen molar-refractivity contribution >= 4 is 38.5 Å². The van der Waals surface area contributed by atoms with E-state index < -0.39 is 0 Å². The van der Waals surface area contributed by atoms with E-state index in [4.69, 9.17) is 4.98 Å². The maximum atomic E-state index is 5.46. The molecule has 178 valence electrons. The quantitative estimate of drug-likeness (QED) is 0.266. The van der Waals surface area contributed by atoms with Crippen LogP contribution in [0.1, 0.15) is 0 Å². The lowest BCUT2D eigenvalue weighted by Gasteiger charge is -2.17. The molecule has 0 fully saturated rings. The molecular formula is C35H23N3. The Morgan fingerprint density at radius 1 is 0.553 bits per heavy atom. The number of H-pyrrole nitrogens is 1. The second-order valence-corrected chi connectivity index (χ2v) is 9.71. The third-order valence-corrected chi connectivity index (χ3v) is 7.52. The monoisotopic (exact) mass is 485 g/mol. The van der Waals surface area contributed by atoms with Crippen LogP contribution < -0.4 is 0 Å². The Bertz CT molecular complexity index is 2100. The zero-order valence-corrected chi connectivity index (χ0v) is 20.6. The van der Waals surface area contributed by atoms with Crippen LogP contribution in [-0.4, -0.2) is 14.4 Å². The molecule has 0 bridgehead atoms. The number of fused-ring (bicyclic) bond motifs is 7. The summed E-state index contributed by atoms with van der Waals surface area (Å²) in [6.45, 7) is 0. The highest BCUT2D eigenvalue weighted by atomic mass is 15.0. The summed E-state index contributed by atoms with van der Waals surface area (Å²) in [5, 5.41) is 2.36. The molecule has 5 aromatic carbocycles. The number of nitrogens with zero attached hydrogens (tertiary/aromatic N) is 2. The Balaban J connectivity index is 1.62. The van der Waals surface area contributed by atoms with Gasteiger partial charge in [-0.25, -0.2) is 4.98 Å². The summed E-state index contributed by atoms with van der Waals surface area (Å²) in [5.41, 5.74) is 12.2. The molecule has 0 atom stereocenters. The van der Waals surface area contributed by atoms with Crippen molar-refractivity contribution in [2.45, 2.75) is 0 Å². The molecule has 3 aromatic heterocycles. The fraction of sp³-hybridized carbons (Fsp3) is 0. The molecule has 38 heavy (non-hydrogen) atoms. The molecule has 0 aliphatic heterocycles. The lowest BCUT2D eigenvalue weighted by molar-refractivity contribution is 1.23. The second kappa shape index (κ2) is 8.19. The summed E-state index contributed by atoms with van der Waals surface area (Å²) in [5.74, 6) is 0. The van der Waals surface area contributed by atoms with Crippen LogP contribution in [0, 0.1) is 0 Å². The first kappa shape index (κ1) is 21.0. The summed E-state index contributed by atoms with van der Waals surface area (Å²) >= 11 is 0. The van der Waals surface area contributed by atoms with Gasteiger partial charge in [0, 0.05) is 27.4 Å². The van der Waals surface area contributed by atoms with Crippen molar-refractivity contribution in [1.29, 1.82) is 0 Å². The molecule has 0 spiro atoms. The van der Waals surface area contributed by atoms with E-state index in [0.29, 0.717) is 0 Å². The van der Waals surface area contributed by atoms with Gasteiger partial charge in [-0.15, -0.1) is 0 Å². The number of hydrogen-bond acceptors (Lipinski definition) is 1. The average molecular weight is 486 g/mol. The minimum Gasteiger partial charge on any atom is -0.354 e. The summed E-state index contributed by atoms with van der Waals surface area (Å²) in [7, 11) is 0. The van der Waals surface area contributed by atoms with E-state index in [1.807, 2.05) is 0 Å². The Morgan fingerprint density at radius 3 is 1.92 bits per heavy atom. The van der Waals surface area contributed by atoms with Crippen molar-refractivity contribution in [2.24, 2.45) is 0 Å². The Kier molecular flexibility index (Phi) is 4.52. The van der Waals surface area contributed by atoms with Crippen LogP contribution in [0.2, 0.25) is 0 Å². The summed E-state index contributed by atoms with van der Waals surface area (Å²) in [4.78, 5) is 9.05. The van der Waals surface area contributed by atoms with Crippen molar-refractivity contribution in [3.8, 4) is 33.5 Å². The summed E-state index contributed by atoms with van der Waals surface area (Å²) in [6, 6.07) is 47.2. The van der Waals surface area contributed by atoms with E-state index in [-0.39, 0.29) is 0 Å². The van der Waals surface area contributed by atoms with Gasteiger partial charge in [0.05, 0.1) is 16.7 Å². The molecule has 1 N–H and O–H groups in total. The first-order valence-electron chi connectivity index (χ1n) is 12.9. The van der Waals surface area contributed by atoms with Crippen molar-refractivity contribution in [3.63, 3.8) is 0 Å². The van der Waals surface area contributed by atoms with E-state index in [1.165, 1.54) is 21.9 Å². The zero-order valence-electron chi connectivity index (χ0n) is 20.6. The SMILES string of the molecule is c1ccc(-c2cc(-c3ccccc3)n3c(nc4c5c(ccc43)[nH]c3ccccc35)c2-c2ccccc2)cc1.